The first-order chi connectivity index (χ1) is 15.0. The fourth-order valence-corrected chi connectivity index (χ4v) is 2.87. The van der Waals surface area contributed by atoms with E-state index in [1.165, 1.54) is 10.5 Å². The van der Waals surface area contributed by atoms with Gasteiger partial charge in [0.25, 0.3) is 11.5 Å². The van der Waals surface area contributed by atoms with Gasteiger partial charge >= 0.3 is 0 Å². The van der Waals surface area contributed by atoms with Crippen LogP contribution in [0, 0.1) is 18.3 Å². The average molecular weight is 418 g/mol. The normalized spacial score (nSPS) is 11.2. The molecule has 0 unspecified atom stereocenters. The number of aromatic nitrogens is 2. The molecule has 0 fully saturated rings. The summed E-state index contributed by atoms with van der Waals surface area (Å²) in [5.41, 5.74) is 0.575. The molecule has 3 aromatic rings. The van der Waals surface area contributed by atoms with Crippen LogP contribution in [0.2, 0.25) is 0 Å². The number of hydrogen-bond acceptors (Lipinski definition) is 6. The van der Waals surface area contributed by atoms with Gasteiger partial charge in [0.05, 0.1) is 0 Å². The van der Waals surface area contributed by atoms with Crippen LogP contribution >= 0.6 is 0 Å². The summed E-state index contributed by atoms with van der Waals surface area (Å²) in [7, 11) is 1.57. The van der Waals surface area contributed by atoms with Gasteiger partial charge in [-0.1, -0.05) is 24.3 Å². The Kier molecular flexibility index (Phi) is 7.14. The molecule has 2 aromatic heterocycles. The standard InChI is InChI=1S/C23H22N4O4/c1-16-8-3-4-9-19(16)31-22-18(23(29)27-12-6-5-10-20(27)26-22)14-17(15-24)21(28)25-11-7-13-30-2/h3-6,8-10,12,14H,7,11,13H2,1-2H3,(H,25,28)/b17-14+. The Bertz CT molecular complexity index is 1220. The van der Waals surface area contributed by atoms with Crippen LogP contribution in [0.3, 0.4) is 0 Å². The molecule has 0 aliphatic carbocycles. The van der Waals surface area contributed by atoms with E-state index in [9.17, 15) is 14.9 Å². The van der Waals surface area contributed by atoms with Gasteiger partial charge in [-0.25, -0.2) is 0 Å². The highest BCUT2D eigenvalue weighted by atomic mass is 16.5. The van der Waals surface area contributed by atoms with Gasteiger partial charge in [0.1, 0.15) is 28.6 Å². The first-order valence-corrected chi connectivity index (χ1v) is 9.69. The van der Waals surface area contributed by atoms with Gasteiger partial charge in [0.15, 0.2) is 0 Å². The third-order valence-corrected chi connectivity index (χ3v) is 4.50. The molecule has 0 spiro atoms. The van der Waals surface area contributed by atoms with Gasteiger partial charge in [0, 0.05) is 26.5 Å². The molecule has 3 rings (SSSR count). The Hall–Kier alpha value is -3.96. The van der Waals surface area contributed by atoms with E-state index in [0.717, 1.165) is 5.56 Å². The van der Waals surface area contributed by atoms with Crippen LogP contribution in [0.4, 0.5) is 0 Å². The smallest absolute Gasteiger partial charge is 0.269 e. The number of hydrogen-bond donors (Lipinski definition) is 1. The van der Waals surface area contributed by atoms with E-state index in [1.54, 1.807) is 43.6 Å². The van der Waals surface area contributed by atoms with E-state index in [-0.39, 0.29) is 17.0 Å². The van der Waals surface area contributed by atoms with E-state index in [2.05, 4.69) is 10.3 Å². The van der Waals surface area contributed by atoms with Crippen molar-refractivity contribution in [2.45, 2.75) is 13.3 Å². The monoisotopic (exact) mass is 418 g/mol. The molecule has 1 N–H and O–H groups in total. The van der Waals surface area contributed by atoms with Crippen LogP contribution < -0.4 is 15.6 Å². The number of ether oxygens (including phenoxy) is 2. The number of fused-ring (bicyclic) bond motifs is 1. The molecule has 0 aliphatic heterocycles. The lowest BCUT2D eigenvalue weighted by Gasteiger charge is -2.12. The number of nitrogens with zero attached hydrogens (tertiary/aromatic N) is 3. The Labute approximate surface area is 179 Å². The van der Waals surface area contributed by atoms with Crippen molar-refractivity contribution in [1.82, 2.24) is 14.7 Å². The Morgan fingerprint density at radius 2 is 2.03 bits per heavy atom. The molecule has 31 heavy (non-hydrogen) atoms. The van der Waals surface area contributed by atoms with Crippen molar-refractivity contribution in [3.05, 3.63) is 75.7 Å². The van der Waals surface area contributed by atoms with Gasteiger partial charge in [-0.3, -0.25) is 14.0 Å². The Morgan fingerprint density at radius 1 is 1.26 bits per heavy atom. The number of nitriles is 1. The van der Waals surface area contributed by atoms with Crippen molar-refractivity contribution in [2.75, 3.05) is 20.3 Å². The van der Waals surface area contributed by atoms with Gasteiger partial charge in [-0.05, 0) is 43.2 Å². The fraction of sp³-hybridized carbons (Fsp3) is 0.217. The second kappa shape index (κ2) is 10.2. The number of rotatable bonds is 8. The number of nitrogens with one attached hydrogen (secondary N) is 1. The lowest BCUT2D eigenvalue weighted by Crippen LogP contribution is -2.27. The number of carbonyl (C=O) groups is 1. The van der Waals surface area contributed by atoms with Crippen molar-refractivity contribution in [1.29, 1.82) is 5.26 Å². The number of methoxy groups -OCH3 is 1. The molecule has 0 aliphatic rings. The summed E-state index contributed by atoms with van der Waals surface area (Å²) in [6.07, 6.45) is 3.38. The first kappa shape index (κ1) is 21.7. The van der Waals surface area contributed by atoms with Crippen molar-refractivity contribution >= 4 is 17.6 Å². The Balaban J connectivity index is 2.06. The minimum Gasteiger partial charge on any atom is -0.438 e. The molecular weight excluding hydrogens is 396 g/mol. The predicted octanol–water partition coefficient (Wildman–Crippen LogP) is 2.85. The maximum Gasteiger partial charge on any atom is 0.269 e. The van der Waals surface area contributed by atoms with Crippen LogP contribution in [0.1, 0.15) is 17.5 Å². The summed E-state index contributed by atoms with van der Waals surface area (Å²) in [6, 6.07) is 14.3. The second-order valence-corrected chi connectivity index (χ2v) is 6.70. The molecule has 1 amide bonds. The summed E-state index contributed by atoms with van der Waals surface area (Å²) in [5.74, 6) is -0.0460. The summed E-state index contributed by atoms with van der Waals surface area (Å²) < 4.78 is 12.2. The van der Waals surface area contributed by atoms with Crippen LogP contribution in [-0.2, 0) is 9.53 Å². The molecule has 0 saturated carbocycles. The maximum atomic E-state index is 13.1. The van der Waals surface area contributed by atoms with Crippen LogP contribution in [0.25, 0.3) is 11.7 Å². The predicted molar refractivity (Wildman–Crippen MR) is 116 cm³/mol. The van der Waals surface area contributed by atoms with Gasteiger partial charge < -0.3 is 14.8 Å². The Morgan fingerprint density at radius 3 is 2.77 bits per heavy atom. The van der Waals surface area contributed by atoms with Gasteiger partial charge in [-0.2, -0.15) is 10.2 Å². The molecule has 0 bridgehead atoms. The average Bonchev–Trinajstić information content (AvgIpc) is 2.78. The van der Waals surface area contributed by atoms with Crippen LogP contribution in [-0.4, -0.2) is 35.6 Å². The summed E-state index contributed by atoms with van der Waals surface area (Å²) in [6.45, 7) is 2.69. The van der Waals surface area contributed by atoms with Crippen molar-refractivity contribution < 1.29 is 14.3 Å². The molecule has 158 valence electrons. The minimum absolute atomic E-state index is 0.00976. The second-order valence-electron chi connectivity index (χ2n) is 6.70. The number of amides is 1. The molecule has 8 nitrogen and oxygen atoms in total. The molecule has 0 saturated heterocycles. The van der Waals surface area contributed by atoms with Gasteiger partial charge in [-0.15, -0.1) is 0 Å². The molecule has 8 heteroatoms. The topological polar surface area (TPSA) is 106 Å². The number of carbonyl (C=O) groups excluding carboxylic acids is 1. The highest BCUT2D eigenvalue weighted by molar-refractivity contribution is 6.01. The van der Waals surface area contributed by atoms with E-state index >= 15 is 0 Å². The first-order valence-electron chi connectivity index (χ1n) is 9.69. The lowest BCUT2D eigenvalue weighted by molar-refractivity contribution is -0.117. The molecule has 1 aromatic carbocycles. The number of para-hydroxylation sites is 1. The highest BCUT2D eigenvalue weighted by Gasteiger charge is 2.17. The van der Waals surface area contributed by atoms with Crippen LogP contribution in [0.15, 0.2) is 59.0 Å². The number of benzene rings is 1. The van der Waals surface area contributed by atoms with E-state index in [4.69, 9.17) is 9.47 Å². The minimum atomic E-state index is -0.585. The molecule has 0 atom stereocenters. The van der Waals surface area contributed by atoms with E-state index in [1.807, 2.05) is 25.1 Å². The number of pyridine rings is 1. The summed E-state index contributed by atoms with van der Waals surface area (Å²) in [5, 5.41) is 12.2. The molecular formula is C23H22N4O4. The number of aryl methyl sites for hydroxylation is 1. The third kappa shape index (κ3) is 5.15. The van der Waals surface area contributed by atoms with Crippen molar-refractivity contribution in [3.8, 4) is 17.7 Å². The zero-order chi connectivity index (χ0) is 22.2. The molecule has 2 heterocycles. The van der Waals surface area contributed by atoms with Crippen LogP contribution in [0.5, 0.6) is 11.6 Å². The SMILES string of the molecule is COCCCNC(=O)/C(C#N)=C/c1c(Oc2ccccc2C)nc2ccccn2c1=O. The zero-order valence-corrected chi connectivity index (χ0v) is 17.3. The van der Waals surface area contributed by atoms with E-state index < -0.39 is 11.5 Å². The quantitative estimate of drug-likeness (QED) is 0.343. The van der Waals surface area contributed by atoms with Gasteiger partial charge in [0.2, 0.25) is 5.88 Å². The summed E-state index contributed by atoms with van der Waals surface area (Å²) >= 11 is 0. The van der Waals surface area contributed by atoms with E-state index in [0.29, 0.717) is 31.0 Å². The van der Waals surface area contributed by atoms with Crippen molar-refractivity contribution in [3.63, 3.8) is 0 Å². The third-order valence-electron chi connectivity index (χ3n) is 4.50. The van der Waals surface area contributed by atoms with Crippen molar-refractivity contribution in [2.24, 2.45) is 0 Å². The lowest BCUT2D eigenvalue weighted by atomic mass is 10.1. The highest BCUT2D eigenvalue weighted by Crippen LogP contribution is 2.26. The summed E-state index contributed by atoms with van der Waals surface area (Å²) in [4.78, 5) is 30.0. The fourth-order valence-electron chi connectivity index (χ4n) is 2.87. The molecule has 0 radical (unpaired) electrons. The maximum absolute atomic E-state index is 13.1. The zero-order valence-electron chi connectivity index (χ0n) is 17.3. The largest absolute Gasteiger partial charge is 0.438 e.